The van der Waals surface area contributed by atoms with Crippen molar-refractivity contribution in [2.75, 3.05) is 10.8 Å². The zero-order valence-corrected chi connectivity index (χ0v) is 20.2. The molecule has 33 heavy (non-hydrogen) atoms. The number of nitrogens with zero attached hydrogens (tertiary/aromatic N) is 2. The summed E-state index contributed by atoms with van der Waals surface area (Å²) in [5, 5.41) is 10.5. The minimum atomic E-state index is -3.97. The average Bonchev–Trinajstić information content (AvgIpc) is 3.23. The Kier molecular flexibility index (Phi) is 6.23. The van der Waals surface area contributed by atoms with Crippen LogP contribution in [0.5, 0.6) is 0 Å². The van der Waals surface area contributed by atoms with E-state index in [1.54, 1.807) is 36.5 Å². The van der Waals surface area contributed by atoms with Gasteiger partial charge in [-0.1, -0.05) is 50.2 Å². The molecule has 170 valence electrons. The van der Waals surface area contributed by atoms with E-state index in [0.717, 1.165) is 15.3 Å². The molecule has 0 amide bonds. The largest absolute Gasteiger partial charge is 0.478 e. The molecule has 0 radical (unpaired) electrons. The second kappa shape index (κ2) is 8.96. The molecule has 6 nitrogen and oxygen atoms in total. The van der Waals surface area contributed by atoms with Crippen molar-refractivity contribution in [1.82, 2.24) is 4.98 Å². The number of hydrogen-bond donors (Lipinski definition) is 1. The van der Waals surface area contributed by atoms with Gasteiger partial charge in [-0.3, -0.25) is 4.31 Å². The molecule has 1 N–H and O–H groups in total. The SMILES string of the molecule is CCN(c1ccc2sc(-c3ccccc3)nc2c1)S(=O)(=O)c1ccc(C(C)C)c(C(=O)O)c1. The zero-order valence-electron chi connectivity index (χ0n) is 18.5. The third kappa shape index (κ3) is 4.36. The molecule has 8 heteroatoms. The van der Waals surface area contributed by atoms with Crippen LogP contribution in [0.1, 0.15) is 42.6 Å². The van der Waals surface area contributed by atoms with Crippen LogP contribution in [0.25, 0.3) is 20.8 Å². The maximum atomic E-state index is 13.5. The Labute approximate surface area is 197 Å². The predicted octanol–water partition coefficient (Wildman–Crippen LogP) is 6.00. The summed E-state index contributed by atoms with van der Waals surface area (Å²) in [6.45, 7) is 5.69. The molecule has 0 atom stereocenters. The van der Waals surface area contributed by atoms with Gasteiger partial charge in [0, 0.05) is 12.1 Å². The van der Waals surface area contributed by atoms with Crippen molar-refractivity contribution in [2.45, 2.75) is 31.6 Å². The Balaban J connectivity index is 1.76. The van der Waals surface area contributed by atoms with Gasteiger partial charge in [0.15, 0.2) is 0 Å². The number of fused-ring (bicyclic) bond motifs is 1. The number of hydrogen-bond acceptors (Lipinski definition) is 5. The number of aromatic carboxylic acids is 1. The Morgan fingerprint density at radius 3 is 2.42 bits per heavy atom. The fraction of sp³-hybridized carbons (Fsp3) is 0.200. The lowest BCUT2D eigenvalue weighted by atomic mass is 9.97. The minimum Gasteiger partial charge on any atom is -0.478 e. The van der Waals surface area contributed by atoms with Crippen LogP contribution in [0.4, 0.5) is 5.69 Å². The summed E-state index contributed by atoms with van der Waals surface area (Å²) < 4.78 is 29.2. The number of anilines is 1. The summed E-state index contributed by atoms with van der Waals surface area (Å²) in [4.78, 5) is 16.4. The van der Waals surface area contributed by atoms with Crippen molar-refractivity contribution in [2.24, 2.45) is 0 Å². The number of carboxylic acids is 1. The number of aromatic nitrogens is 1. The van der Waals surface area contributed by atoms with Crippen molar-refractivity contribution in [3.63, 3.8) is 0 Å². The van der Waals surface area contributed by atoms with E-state index in [0.29, 0.717) is 16.8 Å². The topological polar surface area (TPSA) is 87.6 Å². The molecule has 0 saturated heterocycles. The molecule has 0 fully saturated rings. The van der Waals surface area contributed by atoms with Crippen molar-refractivity contribution in [3.05, 3.63) is 77.9 Å². The van der Waals surface area contributed by atoms with Gasteiger partial charge < -0.3 is 5.11 Å². The monoisotopic (exact) mass is 480 g/mol. The highest BCUT2D eigenvalue weighted by atomic mass is 32.2. The Morgan fingerprint density at radius 2 is 1.79 bits per heavy atom. The Bertz CT molecular complexity index is 1430. The number of benzene rings is 3. The minimum absolute atomic E-state index is 0.00424. The normalized spacial score (nSPS) is 11.8. The van der Waals surface area contributed by atoms with E-state index in [4.69, 9.17) is 4.98 Å². The quantitative estimate of drug-likeness (QED) is 0.350. The molecule has 0 unspecified atom stereocenters. The van der Waals surface area contributed by atoms with E-state index < -0.39 is 16.0 Å². The van der Waals surface area contributed by atoms with E-state index in [-0.39, 0.29) is 22.9 Å². The van der Waals surface area contributed by atoms with Gasteiger partial charge in [-0.2, -0.15) is 0 Å². The van der Waals surface area contributed by atoms with Crippen LogP contribution in [-0.4, -0.2) is 31.0 Å². The van der Waals surface area contributed by atoms with Gasteiger partial charge in [0.1, 0.15) is 5.01 Å². The fourth-order valence-electron chi connectivity index (χ4n) is 3.78. The van der Waals surface area contributed by atoms with Crippen LogP contribution < -0.4 is 4.31 Å². The van der Waals surface area contributed by atoms with Crippen LogP contribution >= 0.6 is 11.3 Å². The highest BCUT2D eigenvalue weighted by Gasteiger charge is 2.26. The first-order chi connectivity index (χ1) is 15.7. The number of carboxylic acid groups (broad SMARTS) is 1. The van der Waals surface area contributed by atoms with E-state index in [9.17, 15) is 18.3 Å². The molecule has 0 aliphatic heterocycles. The molecular weight excluding hydrogens is 456 g/mol. The van der Waals surface area contributed by atoms with E-state index in [1.807, 2.05) is 50.2 Å². The van der Waals surface area contributed by atoms with Crippen LogP contribution in [0, 0.1) is 0 Å². The third-order valence-electron chi connectivity index (χ3n) is 5.43. The Morgan fingerprint density at radius 1 is 1.06 bits per heavy atom. The standard InChI is InChI=1S/C25H24N2O4S2/c1-4-27(33(30,31)19-11-12-20(16(2)3)21(15-19)25(28)29)18-10-13-23-22(14-18)26-24(32-23)17-8-6-5-7-9-17/h5-16H,4H2,1-3H3,(H,28,29). The molecule has 1 heterocycles. The van der Waals surface area contributed by atoms with Gasteiger partial charge >= 0.3 is 5.97 Å². The van der Waals surface area contributed by atoms with Crippen molar-refractivity contribution in [3.8, 4) is 10.6 Å². The second-order valence-electron chi connectivity index (χ2n) is 7.92. The van der Waals surface area contributed by atoms with Gasteiger partial charge in [-0.05, 0) is 48.7 Å². The Hall–Kier alpha value is -3.23. The molecule has 0 aliphatic carbocycles. The third-order valence-corrected chi connectivity index (χ3v) is 8.42. The summed E-state index contributed by atoms with van der Waals surface area (Å²) in [5.74, 6) is -1.18. The number of rotatable bonds is 7. The highest BCUT2D eigenvalue weighted by molar-refractivity contribution is 7.92. The van der Waals surface area contributed by atoms with Gasteiger partial charge in [0.2, 0.25) is 0 Å². The van der Waals surface area contributed by atoms with Crippen molar-refractivity contribution in [1.29, 1.82) is 0 Å². The van der Waals surface area contributed by atoms with Gasteiger partial charge in [0.25, 0.3) is 10.0 Å². The van der Waals surface area contributed by atoms with Gasteiger partial charge in [0.05, 0.1) is 26.4 Å². The van der Waals surface area contributed by atoms with Gasteiger partial charge in [-0.25, -0.2) is 18.2 Å². The van der Waals surface area contributed by atoms with Crippen LogP contribution in [0.2, 0.25) is 0 Å². The molecule has 4 rings (SSSR count). The van der Waals surface area contributed by atoms with Gasteiger partial charge in [-0.15, -0.1) is 11.3 Å². The molecule has 0 spiro atoms. The molecule has 0 bridgehead atoms. The lowest BCUT2D eigenvalue weighted by Gasteiger charge is -2.23. The molecule has 0 aliphatic rings. The van der Waals surface area contributed by atoms with E-state index in [2.05, 4.69) is 0 Å². The smallest absolute Gasteiger partial charge is 0.336 e. The molecule has 4 aromatic rings. The van der Waals surface area contributed by atoms with Crippen LogP contribution in [0.3, 0.4) is 0 Å². The molecule has 0 saturated carbocycles. The first-order valence-corrected chi connectivity index (χ1v) is 12.8. The fourth-order valence-corrected chi connectivity index (χ4v) is 6.22. The van der Waals surface area contributed by atoms with Crippen LogP contribution in [-0.2, 0) is 10.0 Å². The summed E-state index contributed by atoms with van der Waals surface area (Å²) in [7, 11) is -3.97. The predicted molar refractivity (Wildman–Crippen MR) is 133 cm³/mol. The first-order valence-electron chi connectivity index (χ1n) is 10.6. The zero-order chi connectivity index (χ0) is 23.8. The maximum Gasteiger partial charge on any atom is 0.336 e. The first kappa shape index (κ1) is 22.9. The van der Waals surface area contributed by atoms with E-state index in [1.165, 1.54) is 16.4 Å². The summed E-state index contributed by atoms with van der Waals surface area (Å²) in [5.41, 5.74) is 2.81. The summed E-state index contributed by atoms with van der Waals surface area (Å²) >= 11 is 1.55. The summed E-state index contributed by atoms with van der Waals surface area (Å²) in [6.07, 6.45) is 0. The molecule has 1 aromatic heterocycles. The van der Waals surface area contributed by atoms with E-state index >= 15 is 0 Å². The second-order valence-corrected chi connectivity index (χ2v) is 10.8. The number of sulfonamides is 1. The lowest BCUT2D eigenvalue weighted by Crippen LogP contribution is -2.31. The highest BCUT2D eigenvalue weighted by Crippen LogP contribution is 2.34. The molecule has 3 aromatic carbocycles. The summed E-state index contributed by atoms with van der Waals surface area (Å²) in [6, 6.07) is 19.5. The number of thiazole rings is 1. The van der Waals surface area contributed by atoms with Crippen molar-refractivity contribution < 1.29 is 18.3 Å². The molecular formula is C25H24N2O4S2. The lowest BCUT2D eigenvalue weighted by molar-refractivity contribution is 0.0695. The average molecular weight is 481 g/mol. The number of carbonyl (C=O) groups is 1. The van der Waals surface area contributed by atoms with Crippen LogP contribution in [0.15, 0.2) is 71.6 Å². The van der Waals surface area contributed by atoms with Crippen molar-refractivity contribution >= 4 is 43.2 Å². The maximum absolute atomic E-state index is 13.5.